The summed E-state index contributed by atoms with van der Waals surface area (Å²) in [6.07, 6.45) is 0. The number of rotatable bonds is 1. The summed E-state index contributed by atoms with van der Waals surface area (Å²) < 4.78 is 0. The maximum Gasteiger partial charge on any atom is 0.353 e. The first kappa shape index (κ1) is 8.90. The van der Waals surface area contributed by atoms with E-state index in [4.69, 9.17) is 16.7 Å². The number of phenols is 1. The molecule has 0 amide bonds. The van der Waals surface area contributed by atoms with Gasteiger partial charge in [0, 0.05) is 5.39 Å². The number of aromatic hydroxyl groups is 1. The second-order valence-corrected chi connectivity index (χ2v) is 3.20. The van der Waals surface area contributed by atoms with E-state index in [2.05, 4.69) is 4.98 Å². The molecule has 0 atom stereocenters. The van der Waals surface area contributed by atoms with Crippen LogP contribution >= 0.6 is 11.6 Å². The highest BCUT2D eigenvalue weighted by Gasteiger charge is 2.16. The smallest absolute Gasteiger partial charge is 0.353 e. The number of carbonyl (C=O) groups is 1. The number of H-pyrrole nitrogens is 1. The van der Waals surface area contributed by atoms with Gasteiger partial charge >= 0.3 is 5.97 Å². The lowest BCUT2D eigenvalue weighted by Gasteiger charge is -1.92. The molecule has 4 nitrogen and oxygen atoms in total. The van der Waals surface area contributed by atoms with Gasteiger partial charge in [-0.25, -0.2) is 4.79 Å². The van der Waals surface area contributed by atoms with E-state index in [0.29, 0.717) is 10.9 Å². The minimum Gasteiger partial charge on any atom is -0.506 e. The fourth-order valence-electron chi connectivity index (χ4n) is 1.32. The third-order valence-corrected chi connectivity index (χ3v) is 2.35. The first-order valence-corrected chi connectivity index (χ1v) is 4.21. The Hall–Kier alpha value is -1.68. The van der Waals surface area contributed by atoms with Gasteiger partial charge in [-0.2, -0.15) is 0 Å². The molecule has 0 aliphatic heterocycles. The van der Waals surface area contributed by atoms with Crippen LogP contribution in [0, 0.1) is 0 Å². The average molecular weight is 212 g/mol. The fourth-order valence-corrected chi connectivity index (χ4v) is 1.60. The Balaban J connectivity index is 2.86. The number of halogens is 1. The molecule has 0 radical (unpaired) electrons. The van der Waals surface area contributed by atoms with E-state index < -0.39 is 5.97 Å². The largest absolute Gasteiger partial charge is 0.506 e. The Morgan fingerprint density at radius 2 is 2.14 bits per heavy atom. The van der Waals surface area contributed by atoms with Crippen molar-refractivity contribution < 1.29 is 15.0 Å². The molecule has 0 aliphatic rings. The van der Waals surface area contributed by atoms with E-state index in [9.17, 15) is 9.90 Å². The highest BCUT2D eigenvalue weighted by atomic mass is 35.5. The predicted octanol–water partition coefficient (Wildman–Crippen LogP) is 2.23. The number of carboxylic acids is 1. The summed E-state index contributed by atoms with van der Waals surface area (Å²) in [5.41, 5.74) is 0.234. The van der Waals surface area contributed by atoms with Crippen LogP contribution in [0.4, 0.5) is 0 Å². The van der Waals surface area contributed by atoms with Crippen LogP contribution in [-0.4, -0.2) is 21.2 Å². The van der Waals surface area contributed by atoms with Crippen LogP contribution in [-0.2, 0) is 0 Å². The molecular formula is C9H6ClNO3. The van der Waals surface area contributed by atoms with Crippen molar-refractivity contribution in [2.75, 3.05) is 0 Å². The Morgan fingerprint density at radius 3 is 2.71 bits per heavy atom. The first-order valence-electron chi connectivity index (χ1n) is 3.83. The molecule has 0 aliphatic carbocycles. The normalized spacial score (nSPS) is 10.6. The zero-order chi connectivity index (χ0) is 10.3. The topological polar surface area (TPSA) is 73.3 Å². The molecule has 2 rings (SSSR count). The number of carboxylic acid groups (broad SMARTS) is 1. The lowest BCUT2D eigenvalue weighted by molar-refractivity contribution is 0.0692. The molecule has 2 aromatic rings. The third-order valence-electron chi connectivity index (χ3n) is 1.96. The van der Waals surface area contributed by atoms with Gasteiger partial charge in [-0.15, -0.1) is 0 Å². The van der Waals surface area contributed by atoms with Gasteiger partial charge in [-0.3, -0.25) is 0 Å². The summed E-state index contributed by atoms with van der Waals surface area (Å²) in [7, 11) is 0. The summed E-state index contributed by atoms with van der Waals surface area (Å²) in [6, 6.07) is 4.70. The number of aromatic amines is 1. The van der Waals surface area contributed by atoms with Crippen LogP contribution in [0.1, 0.15) is 10.5 Å². The van der Waals surface area contributed by atoms with E-state index in [-0.39, 0.29) is 16.5 Å². The molecule has 14 heavy (non-hydrogen) atoms. The van der Waals surface area contributed by atoms with Crippen molar-refractivity contribution in [3.63, 3.8) is 0 Å². The van der Waals surface area contributed by atoms with E-state index in [1.54, 1.807) is 12.1 Å². The van der Waals surface area contributed by atoms with Gasteiger partial charge < -0.3 is 15.2 Å². The van der Waals surface area contributed by atoms with Crippen molar-refractivity contribution in [1.29, 1.82) is 0 Å². The van der Waals surface area contributed by atoms with Crippen molar-refractivity contribution in [3.05, 3.63) is 28.9 Å². The zero-order valence-electron chi connectivity index (χ0n) is 6.91. The number of hydrogen-bond donors (Lipinski definition) is 3. The van der Waals surface area contributed by atoms with Gasteiger partial charge in [0.15, 0.2) is 0 Å². The first-order chi connectivity index (χ1) is 6.61. The molecule has 0 fully saturated rings. The Labute approximate surface area is 83.7 Å². The number of hydrogen-bond acceptors (Lipinski definition) is 2. The lowest BCUT2D eigenvalue weighted by Crippen LogP contribution is -1.96. The molecule has 72 valence electrons. The third kappa shape index (κ3) is 1.12. The number of benzene rings is 1. The molecule has 1 aromatic carbocycles. The Bertz CT molecular complexity index is 518. The fraction of sp³-hybridized carbons (Fsp3) is 0. The number of aromatic carboxylic acids is 1. The van der Waals surface area contributed by atoms with E-state index in [0.717, 1.165) is 0 Å². The van der Waals surface area contributed by atoms with Crippen LogP contribution in [0.25, 0.3) is 10.9 Å². The van der Waals surface area contributed by atoms with Gasteiger partial charge in [-0.05, 0) is 6.07 Å². The monoisotopic (exact) mass is 211 g/mol. The highest BCUT2D eigenvalue weighted by Crippen LogP contribution is 2.32. The quantitative estimate of drug-likeness (QED) is 0.677. The van der Waals surface area contributed by atoms with E-state index >= 15 is 0 Å². The van der Waals surface area contributed by atoms with Crippen molar-refractivity contribution in [3.8, 4) is 5.75 Å². The van der Waals surface area contributed by atoms with Gasteiger partial charge in [0.05, 0.1) is 10.5 Å². The standard InChI is InChI=1S/C9H6ClNO3/c10-6-4-2-1-3-5(12)7(4)11-8(6)9(13)14/h1-3,11-12H,(H,13,14). The molecule has 0 saturated carbocycles. The average Bonchev–Trinajstić information content (AvgIpc) is 2.46. The molecule has 0 saturated heterocycles. The van der Waals surface area contributed by atoms with Crippen molar-refractivity contribution in [2.24, 2.45) is 0 Å². The maximum absolute atomic E-state index is 10.7. The van der Waals surface area contributed by atoms with Crippen LogP contribution in [0.5, 0.6) is 5.75 Å². The molecule has 1 heterocycles. The predicted molar refractivity (Wildman–Crippen MR) is 51.9 cm³/mol. The van der Waals surface area contributed by atoms with Crippen LogP contribution in [0.3, 0.4) is 0 Å². The van der Waals surface area contributed by atoms with Crippen LogP contribution < -0.4 is 0 Å². The Kier molecular flexibility index (Phi) is 1.86. The SMILES string of the molecule is O=C(O)c1[nH]c2c(O)cccc2c1Cl. The van der Waals surface area contributed by atoms with Crippen molar-refractivity contribution >= 4 is 28.5 Å². The minimum atomic E-state index is -1.15. The zero-order valence-corrected chi connectivity index (χ0v) is 7.67. The van der Waals surface area contributed by atoms with Gasteiger partial charge in [0.1, 0.15) is 11.4 Å². The molecule has 0 unspecified atom stereocenters. The molecule has 0 spiro atoms. The molecule has 1 aromatic heterocycles. The number of nitrogens with one attached hydrogen (secondary N) is 1. The van der Waals surface area contributed by atoms with Gasteiger partial charge in [-0.1, -0.05) is 23.7 Å². The maximum atomic E-state index is 10.7. The second-order valence-electron chi connectivity index (χ2n) is 2.82. The number of fused-ring (bicyclic) bond motifs is 1. The number of aromatic nitrogens is 1. The summed E-state index contributed by atoms with van der Waals surface area (Å²) in [6.45, 7) is 0. The second kappa shape index (κ2) is 2.92. The van der Waals surface area contributed by atoms with Crippen LogP contribution in [0.15, 0.2) is 18.2 Å². The van der Waals surface area contributed by atoms with Crippen LogP contribution in [0.2, 0.25) is 5.02 Å². The Morgan fingerprint density at radius 1 is 1.43 bits per heavy atom. The minimum absolute atomic E-state index is 0.0168. The van der Waals surface area contributed by atoms with E-state index in [1.165, 1.54) is 6.07 Å². The number of para-hydroxylation sites is 1. The van der Waals surface area contributed by atoms with E-state index in [1.807, 2.05) is 0 Å². The summed E-state index contributed by atoms with van der Waals surface area (Å²) in [4.78, 5) is 13.3. The molecule has 0 bridgehead atoms. The number of phenolic OH excluding ortho intramolecular Hbond substituents is 1. The lowest BCUT2D eigenvalue weighted by atomic mass is 10.2. The summed E-state index contributed by atoms with van der Waals surface area (Å²) >= 11 is 5.80. The molecule has 5 heteroatoms. The van der Waals surface area contributed by atoms with Crippen molar-refractivity contribution in [1.82, 2.24) is 4.98 Å². The summed E-state index contributed by atoms with van der Waals surface area (Å²) in [5.74, 6) is -1.16. The van der Waals surface area contributed by atoms with Crippen molar-refractivity contribution in [2.45, 2.75) is 0 Å². The van der Waals surface area contributed by atoms with Gasteiger partial charge in [0.2, 0.25) is 0 Å². The highest BCUT2D eigenvalue weighted by molar-refractivity contribution is 6.38. The van der Waals surface area contributed by atoms with Gasteiger partial charge in [0.25, 0.3) is 0 Å². The summed E-state index contributed by atoms with van der Waals surface area (Å²) in [5, 5.41) is 18.8. The molecular weight excluding hydrogens is 206 g/mol. The molecule has 3 N–H and O–H groups in total.